The van der Waals surface area contributed by atoms with Crippen molar-refractivity contribution in [2.24, 2.45) is 0 Å². The summed E-state index contributed by atoms with van der Waals surface area (Å²) in [5, 5.41) is 8.38. The summed E-state index contributed by atoms with van der Waals surface area (Å²) in [6, 6.07) is 49.6. The third-order valence-corrected chi connectivity index (χ3v) is 10.1. The van der Waals surface area contributed by atoms with Crippen LogP contribution in [0.5, 0.6) is 0 Å². The monoisotopic (exact) mass is 604 g/mol. The van der Waals surface area contributed by atoms with Crippen LogP contribution in [-0.2, 0) is 0 Å². The minimum Gasteiger partial charge on any atom is -0.309 e. The summed E-state index contributed by atoms with van der Waals surface area (Å²) in [6.07, 6.45) is 1.83. The number of pyridine rings is 1. The van der Waals surface area contributed by atoms with Crippen molar-refractivity contribution >= 4 is 75.1 Å². The van der Waals surface area contributed by atoms with Gasteiger partial charge in [-0.1, -0.05) is 91.0 Å². The van der Waals surface area contributed by atoms with Crippen LogP contribution in [0.4, 0.5) is 0 Å². The minimum atomic E-state index is 0.708. The third-order valence-electron chi connectivity index (χ3n) is 9.04. The molecule has 0 aliphatic carbocycles. The fourth-order valence-electron chi connectivity index (χ4n) is 6.87. The Labute approximate surface area is 267 Å². The van der Waals surface area contributed by atoms with Gasteiger partial charge in [-0.05, 0) is 59.3 Å². The second-order valence-corrected chi connectivity index (χ2v) is 12.7. The lowest BCUT2D eigenvalue weighted by Crippen LogP contribution is -1.96. The highest BCUT2D eigenvalue weighted by Gasteiger charge is 2.18. The number of fused-ring (bicyclic) bond motifs is 8. The number of thiophene rings is 1. The number of rotatable bonds is 3. The molecule has 0 radical (unpaired) electrons. The smallest absolute Gasteiger partial charge is 0.161 e. The van der Waals surface area contributed by atoms with Crippen molar-refractivity contribution in [3.8, 4) is 28.3 Å². The topological polar surface area (TPSA) is 43.6 Å². The largest absolute Gasteiger partial charge is 0.309 e. The molecule has 10 rings (SSSR count). The van der Waals surface area contributed by atoms with Crippen LogP contribution in [0.25, 0.3) is 92.1 Å². The Hall–Kier alpha value is -5.91. The van der Waals surface area contributed by atoms with E-state index in [4.69, 9.17) is 9.97 Å². The Morgan fingerprint density at radius 1 is 0.522 bits per heavy atom. The van der Waals surface area contributed by atoms with E-state index in [2.05, 4.69) is 143 Å². The van der Waals surface area contributed by atoms with Crippen molar-refractivity contribution in [2.75, 3.05) is 0 Å². The van der Waals surface area contributed by atoms with E-state index in [0.29, 0.717) is 5.82 Å². The molecule has 0 aliphatic rings. The predicted molar refractivity (Wildman–Crippen MR) is 193 cm³/mol. The molecule has 0 amide bonds. The number of nitrogens with zero attached hydrogens (tertiary/aromatic N) is 4. The fraction of sp³-hybridized carbons (Fsp3) is 0. The van der Waals surface area contributed by atoms with Crippen LogP contribution in [0.1, 0.15) is 0 Å². The lowest BCUT2D eigenvalue weighted by Gasteiger charge is -2.11. The van der Waals surface area contributed by atoms with E-state index < -0.39 is 0 Å². The molecule has 0 unspecified atom stereocenters. The first-order valence-electron chi connectivity index (χ1n) is 15.4. The molecule has 10 aromatic rings. The third kappa shape index (κ3) is 3.82. The summed E-state index contributed by atoms with van der Waals surface area (Å²) in [6.45, 7) is 0. The molecular weight excluding hydrogens is 581 g/mol. The lowest BCUT2D eigenvalue weighted by molar-refractivity contribution is 1.18. The molecule has 0 atom stereocenters. The van der Waals surface area contributed by atoms with Gasteiger partial charge in [0.15, 0.2) is 5.82 Å². The van der Waals surface area contributed by atoms with Crippen molar-refractivity contribution in [3.05, 3.63) is 146 Å². The van der Waals surface area contributed by atoms with Crippen LogP contribution in [0, 0.1) is 0 Å². The Morgan fingerprint density at radius 3 is 2.15 bits per heavy atom. The molecular formula is C41H24N4S. The first-order chi connectivity index (χ1) is 22.8. The second-order valence-electron chi connectivity index (χ2n) is 11.7. The maximum absolute atomic E-state index is 5.26. The van der Waals surface area contributed by atoms with Gasteiger partial charge in [0.2, 0.25) is 0 Å². The minimum absolute atomic E-state index is 0.708. The molecule has 4 nitrogen and oxygen atoms in total. The summed E-state index contributed by atoms with van der Waals surface area (Å²) in [4.78, 5) is 15.9. The standard InChI is InChI=1S/C41H24N4S/c1-2-9-28-24-36-33(22-27(28)8-1)31-11-3-5-13-35(31)45(36)30-19-17-26(18-20-30)39-38-32-12-4-6-14-37(32)46-41(38)44-40(43-39)29-16-15-25-10-7-21-42-34(25)23-29/h1-24H. The molecule has 4 aromatic heterocycles. The van der Waals surface area contributed by atoms with Gasteiger partial charge in [0.25, 0.3) is 0 Å². The second kappa shape index (κ2) is 9.80. The van der Waals surface area contributed by atoms with Crippen LogP contribution >= 0.6 is 11.3 Å². The van der Waals surface area contributed by atoms with Crippen LogP contribution in [0.3, 0.4) is 0 Å². The van der Waals surface area contributed by atoms with Gasteiger partial charge in [0.05, 0.1) is 22.2 Å². The molecule has 5 heteroatoms. The van der Waals surface area contributed by atoms with E-state index in [1.165, 1.54) is 42.7 Å². The summed E-state index contributed by atoms with van der Waals surface area (Å²) >= 11 is 1.72. The highest BCUT2D eigenvalue weighted by molar-refractivity contribution is 7.25. The van der Waals surface area contributed by atoms with Crippen molar-refractivity contribution in [2.45, 2.75) is 0 Å². The van der Waals surface area contributed by atoms with E-state index in [0.717, 1.165) is 43.6 Å². The predicted octanol–water partition coefficient (Wildman–Crippen LogP) is 11.0. The van der Waals surface area contributed by atoms with Crippen LogP contribution < -0.4 is 0 Å². The number of benzene rings is 6. The average molecular weight is 605 g/mol. The molecule has 0 spiro atoms. The Bertz CT molecular complexity index is 2810. The average Bonchev–Trinajstić information content (AvgIpc) is 3.65. The quantitative estimate of drug-likeness (QED) is 0.201. The zero-order chi connectivity index (χ0) is 30.2. The van der Waals surface area contributed by atoms with Gasteiger partial charge in [-0.15, -0.1) is 11.3 Å². The summed E-state index contributed by atoms with van der Waals surface area (Å²) in [7, 11) is 0. The van der Waals surface area contributed by atoms with E-state index in [1.54, 1.807) is 11.3 Å². The molecule has 46 heavy (non-hydrogen) atoms. The van der Waals surface area contributed by atoms with Crippen molar-refractivity contribution < 1.29 is 0 Å². The molecule has 0 bridgehead atoms. The molecule has 214 valence electrons. The lowest BCUT2D eigenvalue weighted by atomic mass is 10.0. The Morgan fingerprint density at radius 2 is 1.26 bits per heavy atom. The first kappa shape index (κ1) is 25.4. The molecule has 6 aromatic carbocycles. The van der Waals surface area contributed by atoms with Crippen molar-refractivity contribution in [3.63, 3.8) is 0 Å². The molecule has 0 saturated heterocycles. The molecule has 0 N–H and O–H groups in total. The molecule has 0 aliphatic heterocycles. The zero-order valence-electron chi connectivity index (χ0n) is 24.6. The zero-order valence-corrected chi connectivity index (χ0v) is 25.4. The number of hydrogen-bond acceptors (Lipinski definition) is 4. The van der Waals surface area contributed by atoms with Gasteiger partial charge in [0, 0.05) is 54.6 Å². The highest BCUT2D eigenvalue weighted by atomic mass is 32.1. The highest BCUT2D eigenvalue weighted by Crippen LogP contribution is 2.40. The van der Waals surface area contributed by atoms with Crippen molar-refractivity contribution in [1.29, 1.82) is 0 Å². The van der Waals surface area contributed by atoms with Gasteiger partial charge in [-0.2, -0.15) is 0 Å². The molecule has 4 heterocycles. The van der Waals surface area contributed by atoms with Gasteiger partial charge >= 0.3 is 0 Å². The van der Waals surface area contributed by atoms with Gasteiger partial charge in [-0.3, -0.25) is 4.98 Å². The maximum atomic E-state index is 5.26. The van der Waals surface area contributed by atoms with E-state index in [-0.39, 0.29) is 0 Å². The van der Waals surface area contributed by atoms with Crippen molar-refractivity contribution in [1.82, 2.24) is 19.5 Å². The van der Waals surface area contributed by atoms with E-state index in [9.17, 15) is 0 Å². The Kier molecular flexibility index (Phi) is 5.41. The van der Waals surface area contributed by atoms with E-state index >= 15 is 0 Å². The fourth-order valence-corrected chi connectivity index (χ4v) is 7.94. The number of hydrogen-bond donors (Lipinski definition) is 0. The summed E-state index contributed by atoms with van der Waals surface area (Å²) in [5.74, 6) is 0.708. The van der Waals surface area contributed by atoms with Gasteiger partial charge < -0.3 is 4.57 Å². The Balaban J connectivity index is 1.18. The van der Waals surface area contributed by atoms with Crippen LogP contribution in [0.15, 0.2) is 146 Å². The first-order valence-corrected chi connectivity index (χ1v) is 16.2. The molecule has 0 saturated carbocycles. The normalized spacial score (nSPS) is 11.9. The van der Waals surface area contributed by atoms with E-state index in [1.807, 2.05) is 12.3 Å². The summed E-state index contributed by atoms with van der Waals surface area (Å²) < 4.78 is 3.59. The van der Waals surface area contributed by atoms with Gasteiger partial charge in [-0.25, -0.2) is 9.97 Å². The maximum Gasteiger partial charge on any atom is 0.161 e. The number of aromatic nitrogens is 4. The number of para-hydroxylation sites is 1. The SMILES string of the molecule is c1ccc2cc3c(cc2c1)c1ccccc1n3-c1ccc(-c2nc(-c3ccc4cccnc4c3)nc3sc4ccccc4c23)cc1. The van der Waals surface area contributed by atoms with Gasteiger partial charge in [0.1, 0.15) is 4.83 Å². The molecule has 0 fully saturated rings. The summed E-state index contributed by atoms with van der Waals surface area (Å²) in [5.41, 5.74) is 7.41. The van der Waals surface area contributed by atoms with Crippen LogP contribution in [-0.4, -0.2) is 19.5 Å². The van der Waals surface area contributed by atoms with Crippen LogP contribution in [0.2, 0.25) is 0 Å².